The molecule has 2 amide bonds. The van der Waals surface area contributed by atoms with Crippen molar-refractivity contribution in [1.29, 1.82) is 0 Å². The van der Waals surface area contributed by atoms with E-state index in [1.165, 1.54) is 0 Å². The van der Waals surface area contributed by atoms with E-state index in [9.17, 15) is 4.79 Å². The highest BCUT2D eigenvalue weighted by Crippen LogP contribution is 2.21. The fraction of sp³-hybridized carbons (Fsp3) is 0. The van der Waals surface area contributed by atoms with Crippen LogP contribution >= 0.6 is 0 Å². The van der Waals surface area contributed by atoms with Crippen molar-refractivity contribution in [3.8, 4) is 0 Å². The number of carbonyl (C=O) groups is 1. The molecule has 18 heavy (non-hydrogen) atoms. The summed E-state index contributed by atoms with van der Waals surface area (Å²) in [5, 5.41) is 5.44. The predicted octanol–water partition coefficient (Wildman–Crippen LogP) is 1.76. The molecule has 1 aliphatic heterocycles. The second-order valence-electron chi connectivity index (χ2n) is 4.20. The van der Waals surface area contributed by atoms with Gasteiger partial charge in [-0.3, -0.25) is 4.98 Å². The Kier molecular flexibility index (Phi) is 1.67. The molecule has 4 nitrogen and oxygen atoms in total. The maximum absolute atomic E-state index is 11.3. The molecule has 0 fully saturated rings. The number of benzene rings is 2. The van der Waals surface area contributed by atoms with Gasteiger partial charge in [0.2, 0.25) is 0 Å². The number of carbonyl (C=O) groups excluding carboxylic acids is 1. The third-order valence-corrected chi connectivity index (χ3v) is 3.18. The summed E-state index contributed by atoms with van der Waals surface area (Å²) in [5.74, 6) is 0. The van der Waals surface area contributed by atoms with Crippen molar-refractivity contribution in [2.24, 2.45) is 9.98 Å². The molecule has 2 aromatic carbocycles. The molecule has 4 heteroatoms. The van der Waals surface area contributed by atoms with Gasteiger partial charge < -0.3 is 0 Å². The van der Waals surface area contributed by atoms with Gasteiger partial charge in [0.25, 0.3) is 0 Å². The molecular weight excluding hydrogens is 226 g/mol. The summed E-state index contributed by atoms with van der Waals surface area (Å²) >= 11 is 0. The van der Waals surface area contributed by atoms with Gasteiger partial charge in [0.1, 0.15) is 5.36 Å². The molecule has 0 aliphatic carbocycles. The Balaban J connectivity index is 2.40. The van der Waals surface area contributed by atoms with Crippen molar-refractivity contribution in [3.05, 3.63) is 53.4 Å². The molecule has 0 atom stereocenters. The number of pyridine rings is 1. The monoisotopic (exact) mass is 233 g/mol. The fourth-order valence-electron chi connectivity index (χ4n) is 2.39. The van der Waals surface area contributed by atoms with Gasteiger partial charge in [0, 0.05) is 23.2 Å². The van der Waals surface area contributed by atoms with Crippen LogP contribution in [0, 0.1) is 0 Å². The van der Waals surface area contributed by atoms with E-state index in [0.717, 1.165) is 21.5 Å². The van der Waals surface area contributed by atoms with Crippen LogP contribution in [0.5, 0.6) is 0 Å². The average molecular weight is 233 g/mol. The molecule has 0 saturated carbocycles. The molecule has 0 N–H and O–H groups in total. The van der Waals surface area contributed by atoms with E-state index in [1.807, 2.05) is 36.5 Å². The first kappa shape index (κ1) is 9.41. The standard InChI is InChI=1S/C14H7N3O/c18-14-16-11-4-3-8-1-2-9-7-15-6-5-10(9)12(8)13(11)17-14/h1-7H. The SMILES string of the molecule is O=C1N=c2ccc3ccc4cnccc4c3c2=N1. The quantitative estimate of drug-likeness (QED) is 0.555. The van der Waals surface area contributed by atoms with Crippen LogP contribution in [0.2, 0.25) is 0 Å². The Morgan fingerprint density at radius 3 is 2.67 bits per heavy atom. The van der Waals surface area contributed by atoms with E-state index >= 15 is 0 Å². The summed E-state index contributed by atoms with van der Waals surface area (Å²) in [6, 6.07) is 9.34. The zero-order chi connectivity index (χ0) is 12.1. The van der Waals surface area contributed by atoms with E-state index in [4.69, 9.17) is 0 Å². The lowest BCUT2D eigenvalue weighted by Crippen LogP contribution is -2.22. The van der Waals surface area contributed by atoms with Crippen molar-refractivity contribution >= 4 is 27.6 Å². The number of hydrogen-bond donors (Lipinski definition) is 0. The van der Waals surface area contributed by atoms with E-state index in [1.54, 1.807) is 6.20 Å². The highest BCUT2D eigenvalue weighted by Gasteiger charge is 2.10. The topological polar surface area (TPSA) is 54.7 Å². The molecule has 0 saturated heterocycles. The largest absolute Gasteiger partial charge is 0.368 e. The fourth-order valence-corrected chi connectivity index (χ4v) is 2.39. The molecule has 0 spiro atoms. The Morgan fingerprint density at radius 1 is 0.889 bits per heavy atom. The first-order valence-electron chi connectivity index (χ1n) is 5.60. The van der Waals surface area contributed by atoms with Crippen LogP contribution in [-0.2, 0) is 0 Å². The predicted molar refractivity (Wildman–Crippen MR) is 67.0 cm³/mol. The van der Waals surface area contributed by atoms with E-state index in [-0.39, 0.29) is 0 Å². The number of rotatable bonds is 0. The van der Waals surface area contributed by atoms with Gasteiger partial charge in [-0.15, -0.1) is 0 Å². The lowest BCUT2D eigenvalue weighted by Gasteiger charge is -2.02. The van der Waals surface area contributed by atoms with Crippen LogP contribution in [0.3, 0.4) is 0 Å². The van der Waals surface area contributed by atoms with Crippen LogP contribution in [0.25, 0.3) is 21.5 Å². The van der Waals surface area contributed by atoms with Gasteiger partial charge in [-0.05, 0) is 22.9 Å². The number of hydrogen-bond acceptors (Lipinski definition) is 2. The van der Waals surface area contributed by atoms with Crippen LogP contribution in [0.1, 0.15) is 0 Å². The molecule has 0 radical (unpaired) electrons. The summed E-state index contributed by atoms with van der Waals surface area (Å²) in [4.78, 5) is 23.3. The molecule has 3 aromatic rings. The van der Waals surface area contributed by atoms with Gasteiger partial charge in [-0.1, -0.05) is 18.2 Å². The van der Waals surface area contributed by atoms with Crippen LogP contribution in [-0.4, -0.2) is 11.0 Å². The normalized spacial score (nSPS) is 13.4. The van der Waals surface area contributed by atoms with Gasteiger partial charge in [-0.25, -0.2) is 4.79 Å². The number of nitrogens with zero attached hydrogens (tertiary/aromatic N) is 3. The lowest BCUT2D eigenvalue weighted by molar-refractivity contribution is 0.257. The highest BCUT2D eigenvalue weighted by atomic mass is 16.2. The van der Waals surface area contributed by atoms with E-state index in [2.05, 4.69) is 15.0 Å². The average Bonchev–Trinajstić information content (AvgIpc) is 2.78. The Labute approximate surface area is 101 Å². The van der Waals surface area contributed by atoms with Gasteiger partial charge in [-0.2, -0.15) is 9.98 Å². The summed E-state index contributed by atoms with van der Waals surface area (Å²) in [6.07, 6.45) is 3.55. The molecule has 0 unspecified atom stereocenters. The summed E-state index contributed by atoms with van der Waals surface area (Å²) in [6.45, 7) is 0. The molecule has 1 aliphatic rings. The van der Waals surface area contributed by atoms with Crippen LogP contribution in [0.15, 0.2) is 52.7 Å². The number of urea groups is 1. The van der Waals surface area contributed by atoms with Crippen molar-refractivity contribution in [2.75, 3.05) is 0 Å². The zero-order valence-corrected chi connectivity index (χ0v) is 9.29. The van der Waals surface area contributed by atoms with E-state index < -0.39 is 6.03 Å². The summed E-state index contributed by atoms with van der Waals surface area (Å²) in [7, 11) is 0. The second kappa shape index (κ2) is 3.20. The first-order chi connectivity index (χ1) is 8.83. The van der Waals surface area contributed by atoms with Gasteiger partial charge in [0.05, 0.1) is 5.36 Å². The van der Waals surface area contributed by atoms with Gasteiger partial charge >= 0.3 is 6.03 Å². The zero-order valence-electron chi connectivity index (χ0n) is 9.29. The number of aromatic nitrogens is 1. The second-order valence-corrected chi connectivity index (χ2v) is 4.20. The van der Waals surface area contributed by atoms with Gasteiger partial charge in [0.15, 0.2) is 0 Å². The van der Waals surface area contributed by atoms with Crippen molar-refractivity contribution < 1.29 is 4.79 Å². The van der Waals surface area contributed by atoms with Crippen molar-refractivity contribution in [2.45, 2.75) is 0 Å². The summed E-state index contributed by atoms with van der Waals surface area (Å²) < 4.78 is 0. The maximum Gasteiger partial charge on any atom is 0.368 e. The minimum absolute atomic E-state index is 0.427. The minimum Gasteiger partial charge on any atom is -0.264 e. The third-order valence-electron chi connectivity index (χ3n) is 3.18. The van der Waals surface area contributed by atoms with E-state index in [0.29, 0.717) is 10.7 Å². The number of amides is 2. The summed E-state index contributed by atoms with van der Waals surface area (Å²) in [5.41, 5.74) is 0. The lowest BCUT2D eigenvalue weighted by atomic mass is 10.0. The van der Waals surface area contributed by atoms with Crippen LogP contribution in [0.4, 0.5) is 4.79 Å². The highest BCUT2D eigenvalue weighted by molar-refractivity contribution is 6.07. The molecule has 0 bridgehead atoms. The third kappa shape index (κ3) is 1.14. The molecule has 4 rings (SSSR count). The minimum atomic E-state index is -0.427. The number of fused-ring (bicyclic) bond motifs is 5. The van der Waals surface area contributed by atoms with Crippen molar-refractivity contribution in [1.82, 2.24) is 4.98 Å². The molecule has 1 aromatic heterocycles. The Bertz CT molecular complexity index is 944. The van der Waals surface area contributed by atoms with Crippen molar-refractivity contribution in [3.63, 3.8) is 0 Å². The first-order valence-corrected chi connectivity index (χ1v) is 5.60. The Hall–Kier alpha value is -2.62. The maximum atomic E-state index is 11.3. The molecule has 84 valence electrons. The molecular formula is C14H7N3O. The smallest absolute Gasteiger partial charge is 0.264 e. The Morgan fingerprint density at radius 2 is 1.72 bits per heavy atom. The molecule has 2 heterocycles. The van der Waals surface area contributed by atoms with Crippen LogP contribution < -0.4 is 10.7 Å².